The molecule has 0 fully saturated rings. The fourth-order valence-corrected chi connectivity index (χ4v) is 2.91. The molecule has 0 spiro atoms. The van der Waals surface area contributed by atoms with Crippen LogP contribution in [-0.2, 0) is 19.0 Å². The van der Waals surface area contributed by atoms with Crippen LogP contribution >= 0.6 is 0 Å². The molecule has 2 rings (SSSR count). The summed E-state index contributed by atoms with van der Waals surface area (Å²) in [6, 6.07) is 6.94. The van der Waals surface area contributed by atoms with Gasteiger partial charge < -0.3 is 19.0 Å². The average molecular weight is 335 g/mol. The molecule has 1 heterocycles. The monoisotopic (exact) mass is 335 g/mol. The Hall–Kier alpha value is -1.92. The van der Waals surface area contributed by atoms with E-state index in [-0.39, 0.29) is 12.7 Å². The maximum Gasteiger partial charge on any atom is 0.415 e. The summed E-state index contributed by atoms with van der Waals surface area (Å²) < 4.78 is 15.7. The highest BCUT2D eigenvalue weighted by Gasteiger charge is 2.42. The number of anilines is 1. The molecule has 0 N–H and O–H groups in total. The smallest absolute Gasteiger partial charge is 0.415 e. The lowest BCUT2D eigenvalue weighted by Gasteiger charge is -2.28. The summed E-state index contributed by atoms with van der Waals surface area (Å²) in [6.07, 6.45) is 0.918. The molecule has 24 heavy (non-hydrogen) atoms. The molecule has 1 aromatic rings. The number of methoxy groups -OCH3 is 1. The lowest BCUT2D eigenvalue weighted by atomic mass is 9.93. The van der Waals surface area contributed by atoms with E-state index in [4.69, 9.17) is 14.2 Å². The van der Waals surface area contributed by atoms with E-state index in [0.29, 0.717) is 13.0 Å². The van der Waals surface area contributed by atoms with Gasteiger partial charge in [-0.1, -0.05) is 18.2 Å². The highest BCUT2D eigenvalue weighted by molar-refractivity contribution is 5.96. The summed E-state index contributed by atoms with van der Waals surface area (Å²) in [4.78, 5) is 25.8. The predicted octanol–water partition coefficient (Wildman–Crippen LogP) is 3.10. The molecule has 0 aromatic heterocycles. The van der Waals surface area contributed by atoms with Crippen LogP contribution in [0.15, 0.2) is 24.3 Å². The van der Waals surface area contributed by atoms with Crippen LogP contribution < -0.4 is 4.90 Å². The zero-order valence-electron chi connectivity index (χ0n) is 14.7. The summed E-state index contributed by atoms with van der Waals surface area (Å²) in [5.41, 5.74) is 1.06. The number of para-hydroxylation sites is 1. The van der Waals surface area contributed by atoms with Crippen LogP contribution in [0.5, 0.6) is 0 Å². The topological polar surface area (TPSA) is 65.1 Å². The maximum absolute atomic E-state index is 12.6. The van der Waals surface area contributed by atoms with Gasteiger partial charge in [-0.05, 0) is 38.8 Å². The van der Waals surface area contributed by atoms with Gasteiger partial charge in [0.1, 0.15) is 24.7 Å². The first kappa shape index (κ1) is 18.4. The van der Waals surface area contributed by atoms with Crippen molar-refractivity contribution in [1.29, 1.82) is 0 Å². The molecule has 132 valence electrons. The zero-order valence-corrected chi connectivity index (χ0v) is 14.7. The number of hydrogen-bond donors (Lipinski definition) is 0. The van der Waals surface area contributed by atoms with E-state index in [1.165, 1.54) is 4.90 Å². The highest BCUT2D eigenvalue weighted by Crippen LogP contribution is 2.42. The molecular formula is C18H25NO5. The van der Waals surface area contributed by atoms with Gasteiger partial charge in [-0.2, -0.15) is 0 Å². The number of nitrogens with zero attached hydrogens (tertiary/aromatic N) is 1. The third-order valence-electron chi connectivity index (χ3n) is 3.81. The van der Waals surface area contributed by atoms with Gasteiger partial charge in [0, 0.05) is 13.0 Å². The molecular weight excluding hydrogens is 310 g/mol. The number of ether oxygens (including phenoxy) is 3. The van der Waals surface area contributed by atoms with E-state index in [1.807, 2.05) is 24.3 Å². The van der Waals surface area contributed by atoms with Crippen LogP contribution in [-0.4, -0.2) is 44.5 Å². The van der Waals surface area contributed by atoms with Gasteiger partial charge in [0.25, 0.3) is 0 Å². The molecule has 0 aliphatic carbocycles. The van der Waals surface area contributed by atoms with E-state index in [1.54, 1.807) is 27.9 Å². The molecule has 1 aliphatic rings. The molecule has 1 aromatic carbocycles. The largest absolute Gasteiger partial charge is 0.443 e. The van der Waals surface area contributed by atoms with Crippen molar-refractivity contribution in [2.75, 3.05) is 25.4 Å². The first-order valence-corrected chi connectivity index (χ1v) is 8.02. The van der Waals surface area contributed by atoms with E-state index in [9.17, 15) is 9.59 Å². The SMILES string of the molecule is COCOCCC1c2ccccc2N(C(=O)OC(C)(C)C)C1C=O. The quantitative estimate of drug-likeness (QED) is 0.454. The van der Waals surface area contributed by atoms with Gasteiger partial charge in [-0.15, -0.1) is 0 Å². The van der Waals surface area contributed by atoms with E-state index < -0.39 is 17.7 Å². The summed E-state index contributed by atoms with van der Waals surface area (Å²) in [6.45, 7) is 6.06. The fraction of sp³-hybridized carbons (Fsp3) is 0.556. The molecule has 6 nitrogen and oxygen atoms in total. The summed E-state index contributed by atoms with van der Waals surface area (Å²) in [7, 11) is 1.56. The Kier molecular flexibility index (Phi) is 5.96. The third-order valence-corrected chi connectivity index (χ3v) is 3.81. The zero-order chi connectivity index (χ0) is 17.7. The molecule has 6 heteroatoms. The van der Waals surface area contributed by atoms with Crippen LogP contribution in [0.1, 0.15) is 38.7 Å². The first-order chi connectivity index (χ1) is 11.4. The first-order valence-electron chi connectivity index (χ1n) is 8.02. The van der Waals surface area contributed by atoms with Gasteiger partial charge in [0.15, 0.2) is 0 Å². The molecule has 2 unspecified atom stereocenters. The standard InChI is InChI=1S/C18H25NO5/c1-18(2,3)24-17(21)19-15-8-6-5-7-13(15)14(16(19)11-20)9-10-23-12-22-4/h5-8,11,14,16H,9-10,12H2,1-4H3. The van der Waals surface area contributed by atoms with Crippen molar-refractivity contribution < 1.29 is 23.8 Å². The second kappa shape index (κ2) is 7.77. The third kappa shape index (κ3) is 4.13. The number of aldehydes is 1. The Morgan fingerprint density at radius 1 is 1.29 bits per heavy atom. The molecule has 0 saturated heterocycles. The Morgan fingerprint density at radius 3 is 2.62 bits per heavy atom. The van der Waals surface area contributed by atoms with Crippen molar-refractivity contribution in [3.8, 4) is 0 Å². The number of amides is 1. The lowest BCUT2D eigenvalue weighted by molar-refractivity contribution is -0.109. The summed E-state index contributed by atoms with van der Waals surface area (Å²) in [5.74, 6) is -0.122. The number of rotatable bonds is 6. The van der Waals surface area contributed by atoms with Gasteiger partial charge in [0.2, 0.25) is 0 Å². The number of benzene rings is 1. The number of hydrogen-bond acceptors (Lipinski definition) is 5. The van der Waals surface area contributed by atoms with Gasteiger partial charge >= 0.3 is 6.09 Å². The van der Waals surface area contributed by atoms with Crippen LogP contribution in [0, 0.1) is 0 Å². The Balaban J connectivity index is 2.25. The molecule has 0 bridgehead atoms. The van der Waals surface area contributed by atoms with Crippen molar-refractivity contribution in [2.45, 2.75) is 44.8 Å². The molecule has 0 saturated carbocycles. The van der Waals surface area contributed by atoms with Crippen molar-refractivity contribution in [3.63, 3.8) is 0 Å². The van der Waals surface area contributed by atoms with E-state index >= 15 is 0 Å². The van der Waals surface area contributed by atoms with Crippen LogP contribution in [0.3, 0.4) is 0 Å². The van der Waals surface area contributed by atoms with Crippen LogP contribution in [0.25, 0.3) is 0 Å². The average Bonchev–Trinajstić information content (AvgIpc) is 2.83. The number of fused-ring (bicyclic) bond motifs is 1. The Bertz CT molecular complexity index is 581. The van der Waals surface area contributed by atoms with Gasteiger partial charge in [0.05, 0.1) is 12.3 Å². The van der Waals surface area contributed by atoms with Crippen molar-refractivity contribution in [2.24, 2.45) is 0 Å². The van der Waals surface area contributed by atoms with Crippen molar-refractivity contribution in [1.82, 2.24) is 0 Å². The minimum Gasteiger partial charge on any atom is -0.443 e. The van der Waals surface area contributed by atoms with Gasteiger partial charge in [-0.25, -0.2) is 4.79 Å². The minimum atomic E-state index is -0.626. The maximum atomic E-state index is 12.6. The summed E-state index contributed by atoms with van der Waals surface area (Å²) >= 11 is 0. The molecule has 1 amide bonds. The van der Waals surface area contributed by atoms with Crippen molar-refractivity contribution in [3.05, 3.63) is 29.8 Å². The van der Waals surface area contributed by atoms with Crippen LogP contribution in [0.2, 0.25) is 0 Å². The van der Waals surface area contributed by atoms with Crippen LogP contribution in [0.4, 0.5) is 10.5 Å². The highest BCUT2D eigenvalue weighted by atomic mass is 16.7. The predicted molar refractivity (Wildman–Crippen MR) is 90.2 cm³/mol. The molecule has 1 aliphatic heterocycles. The van der Waals surface area contributed by atoms with Crippen molar-refractivity contribution >= 4 is 18.1 Å². The van der Waals surface area contributed by atoms with Gasteiger partial charge in [-0.3, -0.25) is 4.90 Å². The Morgan fingerprint density at radius 2 is 2.00 bits per heavy atom. The fourth-order valence-electron chi connectivity index (χ4n) is 2.91. The van der Waals surface area contributed by atoms with E-state index in [2.05, 4.69) is 0 Å². The number of carbonyl (C=O) groups excluding carboxylic acids is 2. The molecule has 2 atom stereocenters. The normalized spacial score (nSPS) is 19.9. The molecule has 0 radical (unpaired) electrons. The number of carbonyl (C=O) groups is 2. The second-order valence-corrected chi connectivity index (χ2v) is 6.75. The minimum absolute atomic E-state index is 0.122. The Labute approximate surface area is 142 Å². The summed E-state index contributed by atoms with van der Waals surface area (Å²) in [5, 5.41) is 0. The van der Waals surface area contributed by atoms with E-state index in [0.717, 1.165) is 17.5 Å². The lowest BCUT2D eigenvalue weighted by Crippen LogP contribution is -2.43. The second-order valence-electron chi connectivity index (χ2n) is 6.75.